The van der Waals surface area contributed by atoms with E-state index in [0.717, 1.165) is 12.1 Å². The molecule has 7 N–H and O–H groups in total. The molecule has 0 aromatic heterocycles. The van der Waals surface area contributed by atoms with Crippen molar-refractivity contribution in [2.75, 3.05) is 6.61 Å². The molecule has 1 aliphatic heterocycles. The van der Waals surface area contributed by atoms with Gasteiger partial charge < -0.3 is 45.2 Å². The van der Waals surface area contributed by atoms with Crippen LogP contribution >= 0.6 is 0 Å². The summed E-state index contributed by atoms with van der Waals surface area (Å²) in [6.07, 6.45) is -8.24. The Kier molecular flexibility index (Phi) is 4.92. The molecule has 2 rings (SSSR count). The van der Waals surface area contributed by atoms with Gasteiger partial charge in [-0.3, -0.25) is 0 Å². The van der Waals surface area contributed by atoms with Crippen molar-refractivity contribution >= 4 is 5.97 Å². The molecule has 0 spiro atoms. The Morgan fingerprint density at radius 3 is 2.13 bits per heavy atom. The summed E-state index contributed by atoms with van der Waals surface area (Å²) in [6.45, 7) is -0.714. The van der Waals surface area contributed by atoms with E-state index in [4.69, 9.17) is 19.7 Å². The molecule has 1 heterocycles. The number of aromatic hydroxyl groups is 3. The van der Waals surface area contributed by atoms with Crippen LogP contribution < -0.4 is 0 Å². The summed E-state index contributed by atoms with van der Waals surface area (Å²) in [7, 11) is 0. The Labute approximate surface area is 129 Å². The predicted octanol–water partition coefficient (Wildman–Crippen LogP) is -2.24. The molecule has 10 heteroatoms. The molecule has 0 unspecified atom stereocenters. The van der Waals surface area contributed by atoms with Gasteiger partial charge in [0, 0.05) is 12.1 Å². The molecule has 10 nitrogen and oxygen atoms in total. The normalized spacial score (nSPS) is 30.9. The number of esters is 1. The summed E-state index contributed by atoms with van der Waals surface area (Å²) in [5, 5.41) is 66.3. The van der Waals surface area contributed by atoms with Crippen LogP contribution in [-0.4, -0.2) is 79.0 Å². The molecule has 0 saturated carbocycles. The summed E-state index contributed by atoms with van der Waals surface area (Å²) in [4.78, 5) is 12.0. The van der Waals surface area contributed by atoms with Crippen LogP contribution in [0.3, 0.4) is 0 Å². The number of rotatable bonds is 3. The van der Waals surface area contributed by atoms with Crippen LogP contribution in [0.5, 0.6) is 17.2 Å². The first kappa shape index (κ1) is 17.2. The molecule has 1 aromatic rings. The van der Waals surface area contributed by atoms with E-state index in [1.165, 1.54) is 0 Å². The molecule has 1 aliphatic rings. The van der Waals surface area contributed by atoms with Gasteiger partial charge in [0.1, 0.15) is 47.2 Å². The fourth-order valence-corrected chi connectivity index (χ4v) is 2.14. The van der Waals surface area contributed by atoms with Gasteiger partial charge in [-0.25, -0.2) is 4.79 Å². The topological polar surface area (TPSA) is 177 Å². The lowest BCUT2D eigenvalue weighted by Crippen LogP contribution is -2.59. The zero-order valence-corrected chi connectivity index (χ0v) is 11.6. The predicted molar refractivity (Wildman–Crippen MR) is 70.6 cm³/mol. The Balaban J connectivity index is 2.20. The van der Waals surface area contributed by atoms with Gasteiger partial charge >= 0.3 is 5.97 Å². The van der Waals surface area contributed by atoms with Crippen molar-refractivity contribution < 1.29 is 50.0 Å². The number of carbonyl (C=O) groups is 1. The first-order valence-electron chi connectivity index (χ1n) is 6.52. The van der Waals surface area contributed by atoms with Gasteiger partial charge in [0.25, 0.3) is 0 Å². The fourth-order valence-electron chi connectivity index (χ4n) is 2.14. The highest BCUT2D eigenvalue weighted by molar-refractivity contribution is 5.95. The van der Waals surface area contributed by atoms with Crippen LogP contribution in [0.1, 0.15) is 10.4 Å². The maximum atomic E-state index is 12.0. The number of aliphatic hydroxyl groups is 4. The van der Waals surface area contributed by atoms with Crippen molar-refractivity contribution in [3.8, 4) is 17.2 Å². The Hall–Kier alpha value is -2.11. The summed E-state index contributed by atoms with van der Waals surface area (Å²) in [5.41, 5.74) is -0.695. The Bertz CT molecular complexity index is 563. The van der Waals surface area contributed by atoms with Crippen LogP contribution in [0.25, 0.3) is 0 Å². The molecule has 128 valence electrons. The number of carbonyl (C=O) groups excluding carboxylic acids is 1. The molecular formula is C13H16O10. The maximum absolute atomic E-state index is 12.0. The van der Waals surface area contributed by atoms with Crippen molar-refractivity contribution in [2.45, 2.75) is 30.7 Å². The molecule has 0 radical (unpaired) electrons. The largest absolute Gasteiger partial charge is 0.508 e. The van der Waals surface area contributed by atoms with Gasteiger partial charge in [-0.2, -0.15) is 0 Å². The second kappa shape index (κ2) is 6.56. The lowest BCUT2D eigenvalue weighted by molar-refractivity contribution is -0.285. The third-order valence-corrected chi connectivity index (χ3v) is 3.36. The third kappa shape index (κ3) is 3.30. The standard InChI is InChI=1S/C13H16O10/c14-3-7-9(18)10(19)11(20)13(22-7)23-12(21)8-5(16)1-4(15)2-6(8)17/h1-2,7,9-11,13-20H,3H2/t7-,9-,10+,11-,13+/m1/s1. The van der Waals surface area contributed by atoms with E-state index in [2.05, 4.69) is 0 Å². The van der Waals surface area contributed by atoms with Crippen LogP contribution in [0, 0.1) is 0 Å². The fraction of sp³-hybridized carbons (Fsp3) is 0.462. The highest BCUT2D eigenvalue weighted by atomic mass is 16.7. The lowest BCUT2D eigenvalue weighted by atomic mass is 9.99. The summed E-state index contributed by atoms with van der Waals surface area (Å²) >= 11 is 0. The van der Waals surface area contributed by atoms with E-state index in [1.807, 2.05) is 0 Å². The van der Waals surface area contributed by atoms with E-state index >= 15 is 0 Å². The van der Waals surface area contributed by atoms with E-state index in [9.17, 15) is 30.3 Å². The van der Waals surface area contributed by atoms with Crippen molar-refractivity contribution in [3.05, 3.63) is 17.7 Å². The second-order valence-electron chi connectivity index (χ2n) is 4.96. The summed E-state index contributed by atoms with van der Waals surface area (Å²) in [5.74, 6) is -3.37. The number of phenols is 3. The van der Waals surface area contributed by atoms with Crippen LogP contribution in [0.4, 0.5) is 0 Å². The number of phenolic OH excluding ortho intramolecular Hbond substituents is 3. The van der Waals surface area contributed by atoms with E-state index in [-0.39, 0.29) is 0 Å². The quantitative estimate of drug-likeness (QED) is 0.299. The Morgan fingerprint density at radius 2 is 1.61 bits per heavy atom. The van der Waals surface area contributed by atoms with Gasteiger partial charge in [0.05, 0.1) is 6.61 Å². The number of benzene rings is 1. The third-order valence-electron chi connectivity index (χ3n) is 3.36. The molecule has 0 aliphatic carbocycles. The van der Waals surface area contributed by atoms with Crippen LogP contribution in [0.2, 0.25) is 0 Å². The molecule has 1 saturated heterocycles. The van der Waals surface area contributed by atoms with Crippen LogP contribution in [-0.2, 0) is 9.47 Å². The van der Waals surface area contributed by atoms with Gasteiger partial charge in [0.15, 0.2) is 0 Å². The number of hydrogen-bond donors (Lipinski definition) is 7. The zero-order valence-electron chi connectivity index (χ0n) is 11.6. The van der Waals surface area contributed by atoms with Crippen molar-refractivity contribution in [1.82, 2.24) is 0 Å². The van der Waals surface area contributed by atoms with Gasteiger partial charge in [0.2, 0.25) is 6.29 Å². The zero-order chi connectivity index (χ0) is 17.3. The van der Waals surface area contributed by atoms with E-state index in [1.54, 1.807) is 0 Å². The summed E-state index contributed by atoms with van der Waals surface area (Å²) in [6, 6.07) is 1.56. The van der Waals surface area contributed by atoms with E-state index < -0.39 is 66.1 Å². The van der Waals surface area contributed by atoms with Crippen molar-refractivity contribution in [3.63, 3.8) is 0 Å². The number of ether oxygens (including phenoxy) is 2. The molecule has 5 atom stereocenters. The maximum Gasteiger partial charge on any atom is 0.348 e. The minimum atomic E-state index is -1.82. The molecule has 23 heavy (non-hydrogen) atoms. The van der Waals surface area contributed by atoms with Crippen LogP contribution in [0.15, 0.2) is 12.1 Å². The highest BCUT2D eigenvalue weighted by Gasteiger charge is 2.45. The molecule has 1 aromatic carbocycles. The van der Waals surface area contributed by atoms with Gasteiger partial charge in [-0.15, -0.1) is 0 Å². The number of aliphatic hydroxyl groups excluding tert-OH is 4. The monoisotopic (exact) mass is 332 g/mol. The summed E-state index contributed by atoms with van der Waals surface area (Å²) < 4.78 is 9.71. The highest BCUT2D eigenvalue weighted by Crippen LogP contribution is 2.33. The van der Waals surface area contributed by atoms with Crippen molar-refractivity contribution in [1.29, 1.82) is 0 Å². The average Bonchev–Trinajstić information content (AvgIpc) is 2.46. The number of hydrogen-bond acceptors (Lipinski definition) is 10. The molecule has 0 bridgehead atoms. The lowest BCUT2D eigenvalue weighted by Gasteiger charge is -2.39. The van der Waals surface area contributed by atoms with Gasteiger partial charge in [-0.1, -0.05) is 0 Å². The minimum absolute atomic E-state index is 0.496. The molecule has 0 amide bonds. The van der Waals surface area contributed by atoms with Crippen molar-refractivity contribution in [2.24, 2.45) is 0 Å². The second-order valence-corrected chi connectivity index (χ2v) is 4.96. The first-order chi connectivity index (χ1) is 10.8. The SMILES string of the molecule is O=C(O[C@@H]1O[C@H](CO)[C@@H](O)[C@H](O)[C@H]1O)c1c(O)cc(O)cc1O. The minimum Gasteiger partial charge on any atom is -0.508 e. The first-order valence-corrected chi connectivity index (χ1v) is 6.52. The van der Waals surface area contributed by atoms with Gasteiger partial charge in [-0.05, 0) is 0 Å². The molecular weight excluding hydrogens is 316 g/mol. The average molecular weight is 332 g/mol. The smallest absolute Gasteiger partial charge is 0.348 e. The van der Waals surface area contributed by atoms with E-state index in [0.29, 0.717) is 0 Å². The molecule has 1 fully saturated rings. The Morgan fingerprint density at radius 1 is 1.04 bits per heavy atom.